The number of halogens is 1. The number of amides is 2. The highest BCUT2D eigenvalue weighted by molar-refractivity contribution is 6.30. The molecule has 0 aliphatic carbocycles. The SMILES string of the molecule is Cc1cccc(-n2c(C(C)N(C)C(=O)Nc3ccc(Cl)cc3)nc3ccccc3c2=O)c1. The number of carbonyl (C=O) groups excluding carboxylic acids is 1. The first kappa shape index (κ1) is 21.6. The van der Waals surface area contributed by atoms with Crippen LogP contribution in [0.4, 0.5) is 10.5 Å². The molecule has 7 heteroatoms. The van der Waals surface area contributed by atoms with Crippen LogP contribution in [0.5, 0.6) is 0 Å². The molecule has 6 nitrogen and oxygen atoms in total. The fraction of sp³-hybridized carbons (Fsp3) is 0.160. The maximum Gasteiger partial charge on any atom is 0.322 e. The van der Waals surface area contributed by atoms with Crippen LogP contribution in [0.25, 0.3) is 16.6 Å². The average molecular weight is 447 g/mol. The minimum atomic E-state index is -0.486. The molecule has 1 unspecified atom stereocenters. The first-order valence-corrected chi connectivity index (χ1v) is 10.6. The molecule has 1 N–H and O–H groups in total. The number of aryl methyl sites for hydroxylation is 1. The van der Waals surface area contributed by atoms with Gasteiger partial charge < -0.3 is 10.2 Å². The lowest BCUT2D eigenvalue weighted by molar-refractivity contribution is 0.205. The first-order valence-electron chi connectivity index (χ1n) is 10.2. The Balaban J connectivity index is 1.78. The standard InChI is InChI=1S/C25H23ClN4O2/c1-16-7-6-8-20(15-16)30-23(28-22-10-5-4-9-21(22)24(30)31)17(2)29(3)25(32)27-19-13-11-18(26)12-14-19/h4-15,17H,1-3H3,(H,27,32). The molecule has 0 radical (unpaired) electrons. The molecule has 0 aliphatic heterocycles. The van der Waals surface area contributed by atoms with Crippen LogP contribution >= 0.6 is 11.6 Å². The van der Waals surface area contributed by atoms with Crippen molar-refractivity contribution in [1.29, 1.82) is 0 Å². The van der Waals surface area contributed by atoms with Crippen LogP contribution in [0.15, 0.2) is 77.6 Å². The largest absolute Gasteiger partial charge is 0.322 e. The predicted molar refractivity (Wildman–Crippen MR) is 129 cm³/mol. The van der Waals surface area contributed by atoms with E-state index >= 15 is 0 Å². The van der Waals surface area contributed by atoms with Crippen molar-refractivity contribution >= 4 is 34.2 Å². The monoisotopic (exact) mass is 446 g/mol. The quantitative estimate of drug-likeness (QED) is 0.445. The van der Waals surface area contributed by atoms with Crippen LogP contribution in [0.2, 0.25) is 5.02 Å². The molecule has 0 spiro atoms. The fourth-order valence-electron chi connectivity index (χ4n) is 3.54. The maximum atomic E-state index is 13.5. The summed E-state index contributed by atoms with van der Waals surface area (Å²) in [7, 11) is 1.68. The number of carbonyl (C=O) groups is 1. The smallest absolute Gasteiger partial charge is 0.318 e. The van der Waals surface area contributed by atoms with E-state index < -0.39 is 6.04 Å². The molecule has 4 rings (SSSR count). The third kappa shape index (κ3) is 4.22. The van der Waals surface area contributed by atoms with Crippen molar-refractivity contribution in [1.82, 2.24) is 14.5 Å². The van der Waals surface area contributed by atoms with Gasteiger partial charge in [-0.05, 0) is 67.9 Å². The number of nitrogens with zero attached hydrogens (tertiary/aromatic N) is 3. The van der Waals surface area contributed by atoms with Crippen molar-refractivity contribution in [3.8, 4) is 5.69 Å². The zero-order valence-corrected chi connectivity index (χ0v) is 18.8. The summed E-state index contributed by atoms with van der Waals surface area (Å²) >= 11 is 5.93. The number of para-hydroxylation sites is 1. The highest BCUT2D eigenvalue weighted by Crippen LogP contribution is 2.23. The lowest BCUT2D eigenvalue weighted by atomic mass is 10.1. The lowest BCUT2D eigenvalue weighted by Crippen LogP contribution is -2.37. The number of fused-ring (bicyclic) bond motifs is 1. The minimum absolute atomic E-state index is 0.172. The number of nitrogens with one attached hydrogen (secondary N) is 1. The molecule has 0 fully saturated rings. The number of urea groups is 1. The van der Waals surface area contributed by atoms with E-state index in [1.54, 1.807) is 48.0 Å². The van der Waals surface area contributed by atoms with Crippen LogP contribution in [0.1, 0.15) is 24.4 Å². The van der Waals surface area contributed by atoms with Gasteiger partial charge >= 0.3 is 6.03 Å². The fourth-order valence-corrected chi connectivity index (χ4v) is 3.67. The van der Waals surface area contributed by atoms with Gasteiger partial charge in [0.15, 0.2) is 0 Å². The Bertz CT molecular complexity index is 1350. The molecular formula is C25H23ClN4O2. The van der Waals surface area contributed by atoms with Crippen LogP contribution < -0.4 is 10.9 Å². The van der Waals surface area contributed by atoms with Gasteiger partial charge in [0.05, 0.1) is 22.6 Å². The summed E-state index contributed by atoms with van der Waals surface area (Å²) in [6.07, 6.45) is 0. The second-order valence-electron chi connectivity index (χ2n) is 7.69. The van der Waals surface area contributed by atoms with Crippen molar-refractivity contribution in [2.24, 2.45) is 0 Å². The van der Waals surface area contributed by atoms with E-state index in [0.29, 0.717) is 33.1 Å². The molecule has 32 heavy (non-hydrogen) atoms. The van der Waals surface area contributed by atoms with Crippen molar-refractivity contribution in [2.75, 3.05) is 12.4 Å². The van der Waals surface area contributed by atoms with Gasteiger partial charge in [-0.2, -0.15) is 0 Å². The van der Waals surface area contributed by atoms with Gasteiger partial charge in [0.2, 0.25) is 0 Å². The van der Waals surface area contributed by atoms with Gasteiger partial charge in [-0.3, -0.25) is 9.36 Å². The molecule has 2 amide bonds. The minimum Gasteiger partial charge on any atom is -0.318 e. The van der Waals surface area contributed by atoms with Crippen molar-refractivity contribution < 1.29 is 4.79 Å². The number of benzene rings is 3. The molecule has 1 aromatic heterocycles. The summed E-state index contributed by atoms with van der Waals surface area (Å²) in [5, 5.41) is 3.97. The molecule has 162 valence electrons. The zero-order chi connectivity index (χ0) is 22.8. The van der Waals surface area contributed by atoms with Gasteiger partial charge in [-0.25, -0.2) is 9.78 Å². The molecule has 0 bridgehead atoms. The average Bonchev–Trinajstić information content (AvgIpc) is 2.79. The summed E-state index contributed by atoms with van der Waals surface area (Å²) in [5.74, 6) is 0.480. The third-order valence-electron chi connectivity index (χ3n) is 5.43. The van der Waals surface area contributed by atoms with E-state index in [0.717, 1.165) is 5.56 Å². The molecule has 0 saturated carbocycles. The highest BCUT2D eigenvalue weighted by Gasteiger charge is 2.24. The summed E-state index contributed by atoms with van der Waals surface area (Å²) in [4.78, 5) is 32.7. The molecule has 1 atom stereocenters. The van der Waals surface area contributed by atoms with Crippen LogP contribution in [0.3, 0.4) is 0 Å². The van der Waals surface area contributed by atoms with Crippen molar-refractivity contribution in [3.63, 3.8) is 0 Å². The topological polar surface area (TPSA) is 67.2 Å². The Hall–Kier alpha value is -3.64. The van der Waals surface area contributed by atoms with Gasteiger partial charge in [0, 0.05) is 17.8 Å². The van der Waals surface area contributed by atoms with E-state index in [2.05, 4.69) is 5.32 Å². The first-order chi connectivity index (χ1) is 15.3. The Labute approximate surface area is 191 Å². The normalized spacial score (nSPS) is 11.9. The van der Waals surface area contributed by atoms with Gasteiger partial charge in [0.25, 0.3) is 5.56 Å². The molecule has 0 aliphatic rings. The predicted octanol–water partition coefficient (Wildman–Crippen LogP) is 5.57. The van der Waals surface area contributed by atoms with Gasteiger partial charge in [-0.15, -0.1) is 0 Å². The molecule has 1 heterocycles. The number of aromatic nitrogens is 2. The van der Waals surface area contributed by atoms with Crippen LogP contribution in [-0.2, 0) is 0 Å². The second-order valence-corrected chi connectivity index (χ2v) is 8.13. The summed E-state index contributed by atoms with van der Waals surface area (Å²) < 4.78 is 1.59. The van der Waals surface area contributed by atoms with E-state index in [1.807, 2.05) is 50.2 Å². The summed E-state index contributed by atoms with van der Waals surface area (Å²) in [6.45, 7) is 3.82. The Morgan fingerprint density at radius 1 is 1.06 bits per heavy atom. The van der Waals surface area contributed by atoms with E-state index in [1.165, 1.54) is 4.90 Å². The zero-order valence-electron chi connectivity index (χ0n) is 18.0. The highest BCUT2D eigenvalue weighted by atomic mass is 35.5. The second kappa shape index (κ2) is 8.85. The molecular weight excluding hydrogens is 424 g/mol. The van der Waals surface area contributed by atoms with E-state index in [4.69, 9.17) is 16.6 Å². The molecule has 3 aromatic carbocycles. The van der Waals surface area contributed by atoms with E-state index in [9.17, 15) is 9.59 Å². The Morgan fingerprint density at radius 3 is 2.50 bits per heavy atom. The molecule has 0 saturated heterocycles. The van der Waals surface area contributed by atoms with E-state index in [-0.39, 0.29) is 11.6 Å². The number of rotatable bonds is 4. The Morgan fingerprint density at radius 2 is 1.78 bits per heavy atom. The molecule has 4 aromatic rings. The number of anilines is 1. The summed E-state index contributed by atoms with van der Waals surface area (Å²) in [5.41, 5.74) is 2.78. The third-order valence-corrected chi connectivity index (χ3v) is 5.68. The van der Waals surface area contributed by atoms with Gasteiger partial charge in [0.1, 0.15) is 5.82 Å². The lowest BCUT2D eigenvalue weighted by Gasteiger charge is -2.27. The van der Waals surface area contributed by atoms with Crippen molar-refractivity contribution in [3.05, 3.63) is 99.6 Å². The van der Waals surface area contributed by atoms with Crippen molar-refractivity contribution in [2.45, 2.75) is 19.9 Å². The Kier molecular flexibility index (Phi) is 5.97. The maximum absolute atomic E-state index is 13.5. The van der Waals surface area contributed by atoms with Crippen LogP contribution in [-0.4, -0.2) is 27.5 Å². The summed E-state index contributed by atoms with van der Waals surface area (Å²) in [6, 6.07) is 21.0. The van der Waals surface area contributed by atoms with Crippen LogP contribution in [0, 0.1) is 6.92 Å². The van der Waals surface area contributed by atoms with Gasteiger partial charge in [-0.1, -0.05) is 35.9 Å². The number of hydrogen-bond donors (Lipinski definition) is 1. The number of hydrogen-bond acceptors (Lipinski definition) is 3.